The number of methoxy groups -OCH3 is 1. The predicted molar refractivity (Wildman–Crippen MR) is 73.0 cm³/mol. The Labute approximate surface area is 115 Å². The van der Waals surface area contributed by atoms with Crippen LogP contribution in [0.3, 0.4) is 0 Å². The summed E-state index contributed by atoms with van der Waals surface area (Å²) in [5, 5.41) is 13.4. The molecule has 0 aliphatic rings. The molecule has 1 unspecified atom stereocenters. The summed E-state index contributed by atoms with van der Waals surface area (Å²) in [6.45, 7) is 3.55. The van der Waals surface area contributed by atoms with Crippen LogP contribution in [0.25, 0.3) is 0 Å². The summed E-state index contributed by atoms with van der Waals surface area (Å²) < 4.78 is 19.2. The largest absolute Gasteiger partial charge is 0.385 e. The molecular weight excluding hydrogens is 301 g/mol. The second-order valence-corrected chi connectivity index (χ2v) is 5.22. The first-order valence-corrected chi connectivity index (χ1v) is 6.65. The zero-order valence-corrected chi connectivity index (χ0v) is 12.3. The van der Waals surface area contributed by atoms with E-state index in [1.165, 1.54) is 0 Å². The second kappa shape index (κ2) is 7.19. The monoisotopic (exact) mass is 319 g/mol. The number of benzene rings is 1. The molecule has 1 aromatic carbocycles. The molecule has 1 rings (SSSR count). The van der Waals surface area contributed by atoms with E-state index in [-0.39, 0.29) is 0 Å². The van der Waals surface area contributed by atoms with Gasteiger partial charge in [-0.1, -0.05) is 12.1 Å². The van der Waals surface area contributed by atoms with Crippen molar-refractivity contribution in [2.45, 2.75) is 18.9 Å². The van der Waals surface area contributed by atoms with Crippen LogP contribution in [-0.4, -0.2) is 31.9 Å². The molecule has 102 valence electrons. The number of hydrogen-bond donors (Lipinski definition) is 2. The van der Waals surface area contributed by atoms with Gasteiger partial charge >= 0.3 is 0 Å². The van der Waals surface area contributed by atoms with Gasteiger partial charge in [-0.2, -0.15) is 0 Å². The van der Waals surface area contributed by atoms with Crippen LogP contribution < -0.4 is 5.32 Å². The van der Waals surface area contributed by atoms with E-state index in [1.807, 2.05) is 0 Å². The third-order valence-electron chi connectivity index (χ3n) is 2.80. The summed E-state index contributed by atoms with van der Waals surface area (Å²) in [5.74, 6) is -0.403. The first-order chi connectivity index (χ1) is 8.49. The molecule has 1 aromatic rings. The smallest absolute Gasteiger partial charge is 0.143 e. The molecular formula is C13H19BrFNO2. The van der Waals surface area contributed by atoms with Gasteiger partial charge in [-0.25, -0.2) is 4.39 Å². The van der Waals surface area contributed by atoms with Crippen molar-refractivity contribution in [2.24, 2.45) is 0 Å². The normalized spacial score (nSPS) is 14.5. The van der Waals surface area contributed by atoms with Gasteiger partial charge in [0.05, 0.1) is 16.7 Å². The maximum absolute atomic E-state index is 13.9. The molecule has 0 aromatic heterocycles. The summed E-state index contributed by atoms with van der Waals surface area (Å²) in [6, 6.07) is 4.94. The number of halogens is 2. The van der Waals surface area contributed by atoms with Gasteiger partial charge in [0.2, 0.25) is 0 Å². The minimum atomic E-state index is -1.19. The number of aliphatic hydroxyl groups is 1. The van der Waals surface area contributed by atoms with E-state index in [4.69, 9.17) is 4.74 Å². The van der Waals surface area contributed by atoms with Crippen LogP contribution in [0.2, 0.25) is 0 Å². The Balaban J connectivity index is 2.59. The molecule has 3 nitrogen and oxygen atoms in total. The topological polar surface area (TPSA) is 41.5 Å². The molecule has 0 amide bonds. The van der Waals surface area contributed by atoms with Crippen LogP contribution in [0.1, 0.15) is 18.9 Å². The SMILES string of the molecule is COCCNCCC(C)(O)c1cccc(Br)c1F. The molecule has 2 N–H and O–H groups in total. The average Bonchev–Trinajstić information content (AvgIpc) is 2.32. The van der Waals surface area contributed by atoms with Gasteiger partial charge in [-0.3, -0.25) is 0 Å². The number of nitrogens with one attached hydrogen (secondary N) is 1. The van der Waals surface area contributed by atoms with Crippen LogP contribution in [0.5, 0.6) is 0 Å². The third kappa shape index (κ3) is 4.31. The van der Waals surface area contributed by atoms with E-state index >= 15 is 0 Å². The molecule has 0 aliphatic heterocycles. The summed E-state index contributed by atoms with van der Waals surface area (Å²) in [5.41, 5.74) is -0.876. The van der Waals surface area contributed by atoms with Crippen LogP contribution in [0.15, 0.2) is 22.7 Å². The zero-order valence-electron chi connectivity index (χ0n) is 10.7. The maximum Gasteiger partial charge on any atom is 0.143 e. The van der Waals surface area contributed by atoms with E-state index in [1.54, 1.807) is 32.2 Å². The van der Waals surface area contributed by atoms with Gasteiger partial charge in [0.1, 0.15) is 5.82 Å². The van der Waals surface area contributed by atoms with Gasteiger partial charge in [0.25, 0.3) is 0 Å². The zero-order chi connectivity index (χ0) is 13.6. The molecule has 0 heterocycles. The summed E-state index contributed by atoms with van der Waals surface area (Å²) >= 11 is 3.12. The van der Waals surface area contributed by atoms with Crippen LogP contribution >= 0.6 is 15.9 Å². The van der Waals surface area contributed by atoms with E-state index in [0.29, 0.717) is 36.2 Å². The van der Waals surface area contributed by atoms with E-state index in [9.17, 15) is 9.50 Å². The van der Waals surface area contributed by atoms with Gasteiger partial charge in [0, 0.05) is 19.2 Å². The molecule has 5 heteroatoms. The Morgan fingerprint density at radius 1 is 1.44 bits per heavy atom. The fourth-order valence-electron chi connectivity index (χ4n) is 1.69. The lowest BCUT2D eigenvalue weighted by atomic mass is 9.92. The Kier molecular flexibility index (Phi) is 6.21. The Bertz CT molecular complexity index is 385. The van der Waals surface area contributed by atoms with Crippen molar-refractivity contribution in [3.8, 4) is 0 Å². The molecule has 0 fully saturated rings. The van der Waals surface area contributed by atoms with Crippen molar-refractivity contribution in [1.29, 1.82) is 0 Å². The first kappa shape index (κ1) is 15.6. The lowest BCUT2D eigenvalue weighted by molar-refractivity contribution is 0.0437. The Morgan fingerprint density at radius 2 is 2.17 bits per heavy atom. The van der Waals surface area contributed by atoms with E-state index in [0.717, 1.165) is 0 Å². The fraction of sp³-hybridized carbons (Fsp3) is 0.538. The van der Waals surface area contributed by atoms with Crippen molar-refractivity contribution >= 4 is 15.9 Å². The summed E-state index contributed by atoms with van der Waals surface area (Å²) in [7, 11) is 1.63. The molecule has 0 aliphatic carbocycles. The molecule has 0 bridgehead atoms. The van der Waals surface area contributed by atoms with E-state index < -0.39 is 11.4 Å². The highest BCUT2D eigenvalue weighted by atomic mass is 79.9. The highest BCUT2D eigenvalue weighted by molar-refractivity contribution is 9.10. The lowest BCUT2D eigenvalue weighted by Gasteiger charge is -2.25. The predicted octanol–water partition coefficient (Wildman–Crippen LogP) is 2.42. The van der Waals surface area contributed by atoms with Crippen molar-refractivity contribution in [3.63, 3.8) is 0 Å². The molecule has 0 spiro atoms. The average molecular weight is 320 g/mol. The van der Waals surface area contributed by atoms with Crippen molar-refractivity contribution in [2.75, 3.05) is 26.8 Å². The van der Waals surface area contributed by atoms with Crippen molar-refractivity contribution < 1.29 is 14.2 Å². The summed E-state index contributed by atoms with van der Waals surface area (Å²) in [6.07, 6.45) is 0.435. The maximum atomic E-state index is 13.9. The minimum Gasteiger partial charge on any atom is -0.385 e. The van der Waals surface area contributed by atoms with Gasteiger partial charge in [-0.15, -0.1) is 0 Å². The number of hydrogen-bond acceptors (Lipinski definition) is 3. The van der Waals surface area contributed by atoms with Crippen LogP contribution in [0.4, 0.5) is 4.39 Å². The molecule has 1 atom stereocenters. The summed E-state index contributed by atoms with van der Waals surface area (Å²) in [4.78, 5) is 0. The quantitative estimate of drug-likeness (QED) is 0.758. The van der Waals surface area contributed by atoms with Crippen molar-refractivity contribution in [3.05, 3.63) is 34.1 Å². The molecule has 0 saturated heterocycles. The molecule has 0 radical (unpaired) electrons. The van der Waals surface area contributed by atoms with Gasteiger partial charge in [-0.05, 0) is 41.9 Å². The Morgan fingerprint density at radius 3 is 2.83 bits per heavy atom. The van der Waals surface area contributed by atoms with Gasteiger partial charge < -0.3 is 15.2 Å². The molecule has 18 heavy (non-hydrogen) atoms. The fourth-order valence-corrected chi connectivity index (χ4v) is 2.05. The Hall–Kier alpha value is -0.490. The van der Waals surface area contributed by atoms with Crippen molar-refractivity contribution in [1.82, 2.24) is 5.32 Å². The van der Waals surface area contributed by atoms with E-state index in [2.05, 4.69) is 21.2 Å². The lowest BCUT2D eigenvalue weighted by Crippen LogP contribution is -2.30. The third-order valence-corrected chi connectivity index (χ3v) is 3.42. The second-order valence-electron chi connectivity index (χ2n) is 4.37. The highest BCUT2D eigenvalue weighted by Gasteiger charge is 2.26. The minimum absolute atomic E-state index is 0.311. The number of rotatable bonds is 7. The van der Waals surface area contributed by atoms with Crippen LogP contribution in [-0.2, 0) is 10.3 Å². The van der Waals surface area contributed by atoms with Crippen LogP contribution in [0, 0.1) is 5.82 Å². The number of ether oxygens (including phenoxy) is 1. The first-order valence-electron chi connectivity index (χ1n) is 5.85. The highest BCUT2D eigenvalue weighted by Crippen LogP contribution is 2.30. The van der Waals surface area contributed by atoms with Gasteiger partial charge in [0.15, 0.2) is 0 Å². The molecule has 0 saturated carbocycles. The standard InChI is InChI=1S/C13H19BrFNO2/c1-13(17,6-7-16-8-9-18-2)10-4-3-5-11(14)12(10)15/h3-5,16-17H,6-9H2,1-2H3.